The number of thiophene rings is 1. The summed E-state index contributed by atoms with van der Waals surface area (Å²) in [6, 6.07) is 5.83. The van der Waals surface area contributed by atoms with E-state index in [9.17, 15) is 14.0 Å². The van der Waals surface area contributed by atoms with E-state index < -0.39 is 12.5 Å². The van der Waals surface area contributed by atoms with E-state index in [1.54, 1.807) is 22.4 Å². The molecule has 1 fully saturated rings. The van der Waals surface area contributed by atoms with Crippen molar-refractivity contribution < 1.29 is 9.18 Å². The molecule has 0 aromatic carbocycles. The quantitative estimate of drug-likeness (QED) is 0.706. The van der Waals surface area contributed by atoms with E-state index >= 15 is 0 Å². The summed E-state index contributed by atoms with van der Waals surface area (Å²) < 4.78 is 15.7. The van der Waals surface area contributed by atoms with E-state index in [-0.39, 0.29) is 18.1 Å². The first-order chi connectivity index (χ1) is 12.6. The second-order valence-corrected chi connectivity index (χ2v) is 7.77. The van der Waals surface area contributed by atoms with E-state index in [0.717, 1.165) is 27.8 Å². The first-order valence-corrected chi connectivity index (χ1v) is 9.40. The Balaban J connectivity index is 1.80. The number of rotatable bonds is 4. The maximum atomic E-state index is 13.4. The molecule has 0 radical (unpaired) electrons. The zero-order chi connectivity index (χ0) is 18.3. The molecule has 1 aliphatic heterocycles. The number of aromatic nitrogens is 3. The number of imidazole rings is 1. The maximum Gasteiger partial charge on any atom is 0.332 e. The number of pyridine rings is 1. The highest BCUT2D eigenvalue weighted by Crippen LogP contribution is 2.29. The number of nitrogens with zero attached hydrogens (tertiary/aromatic N) is 4. The van der Waals surface area contributed by atoms with Crippen molar-refractivity contribution in [3.05, 3.63) is 39.8 Å². The number of hydrogen-bond acceptors (Lipinski definition) is 4. The second kappa shape index (κ2) is 6.68. The third-order valence-corrected chi connectivity index (χ3v) is 5.80. The monoisotopic (exact) mass is 374 g/mol. The van der Waals surface area contributed by atoms with Crippen LogP contribution in [0, 0.1) is 6.92 Å². The fourth-order valence-electron chi connectivity index (χ4n) is 3.38. The lowest BCUT2D eigenvalue weighted by Crippen LogP contribution is -2.35. The lowest BCUT2D eigenvalue weighted by atomic mass is 10.2. The second-order valence-electron chi connectivity index (χ2n) is 6.48. The Morgan fingerprint density at radius 1 is 1.27 bits per heavy atom. The highest BCUT2D eigenvalue weighted by Gasteiger charge is 2.22. The van der Waals surface area contributed by atoms with Crippen LogP contribution in [0.5, 0.6) is 0 Å². The van der Waals surface area contributed by atoms with Gasteiger partial charge in [-0.05, 0) is 38.0 Å². The zero-order valence-corrected chi connectivity index (χ0v) is 15.3. The molecule has 26 heavy (non-hydrogen) atoms. The van der Waals surface area contributed by atoms with Gasteiger partial charge in [-0.15, -0.1) is 11.3 Å². The minimum Gasteiger partial charge on any atom is -0.341 e. The van der Waals surface area contributed by atoms with Crippen LogP contribution < -0.4 is 5.69 Å². The molecule has 0 unspecified atom stereocenters. The van der Waals surface area contributed by atoms with E-state index in [0.29, 0.717) is 18.6 Å². The molecule has 4 heterocycles. The molecule has 0 spiro atoms. The number of amides is 1. The van der Waals surface area contributed by atoms with Gasteiger partial charge in [0, 0.05) is 34.6 Å². The Kier molecular flexibility index (Phi) is 4.36. The lowest BCUT2D eigenvalue weighted by molar-refractivity contribution is -0.130. The van der Waals surface area contributed by atoms with Gasteiger partial charge in [-0.3, -0.25) is 9.36 Å². The summed E-state index contributed by atoms with van der Waals surface area (Å²) in [5.74, 6) is -0.111. The van der Waals surface area contributed by atoms with Crippen molar-refractivity contribution in [2.24, 2.45) is 0 Å². The van der Waals surface area contributed by atoms with Gasteiger partial charge in [0.2, 0.25) is 5.91 Å². The number of hydrogen-bond donors (Lipinski definition) is 0. The molecule has 6 nitrogen and oxygen atoms in total. The van der Waals surface area contributed by atoms with Crippen molar-refractivity contribution in [2.75, 3.05) is 13.1 Å². The molecule has 3 aromatic heterocycles. The molecule has 0 N–H and O–H groups in total. The highest BCUT2D eigenvalue weighted by molar-refractivity contribution is 7.15. The largest absolute Gasteiger partial charge is 0.341 e. The van der Waals surface area contributed by atoms with Crippen LogP contribution in [0.15, 0.2) is 29.2 Å². The van der Waals surface area contributed by atoms with E-state index in [2.05, 4.69) is 4.98 Å². The molecule has 0 aliphatic carbocycles. The molecule has 1 aliphatic rings. The molecular weight excluding hydrogens is 355 g/mol. The fourth-order valence-corrected chi connectivity index (χ4v) is 4.23. The average Bonchev–Trinajstić information content (AvgIpc) is 3.36. The smallest absolute Gasteiger partial charge is 0.332 e. The number of alkyl halides is 1. The van der Waals surface area contributed by atoms with Gasteiger partial charge in [0.1, 0.15) is 6.54 Å². The SMILES string of the molecule is Cc1ccc(-c2cnc3c(c2)n(CC(=O)N2CCCC2)c(=O)n3CF)s1. The van der Waals surface area contributed by atoms with E-state index in [4.69, 9.17) is 0 Å². The number of carbonyl (C=O) groups excluding carboxylic acids is 1. The first kappa shape index (κ1) is 17.0. The average molecular weight is 374 g/mol. The molecule has 0 atom stereocenters. The molecule has 0 saturated carbocycles. The third kappa shape index (κ3) is 2.84. The summed E-state index contributed by atoms with van der Waals surface area (Å²) in [5.41, 5.74) is 1.07. The minimum atomic E-state index is -0.968. The lowest BCUT2D eigenvalue weighted by Gasteiger charge is -2.15. The van der Waals surface area contributed by atoms with E-state index in [1.165, 1.54) is 9.44 Å². The Hall–Kier alpha value is -2.48. The summed E-state index contributed by atoms with van der Waals surface area (Å²) >= 11 is 1.62. The Morgan fingerprint density at radius 3 is 2.69 bits per heavy atom. The number of carbonyl (C=O) groups is 1. The molecule has 1 amide bonds. The molecule has 3 aromatic rings. The zero-order valence-electron chi connectivity index (χ0n) is 14.4. The number of halogens is 1. The predicted octanol–water partition coefficient (Wildman–Crippen LogP) is 2.78. The van der Waals surface area contributed by atoms with Crippen LogP contribution in [-0.4, -0.2) is 38.0 Å². The predicted molar refractivity (Wildman–Crippen MR) is 99.0 cm³/mol. The molecular formula is C18H19FN4O2S. The molecule has 136 valence electrons. The standard InChI is InChI=1S/C18H19FN4O2S/c1-12-4-5-15(26-12)13-8-14-17(20-9-13)23(11-19)18(25)22(14)10-16(24)21-6-2-3-7-21/h4-5,8-9H,2-3,6-7,10-11H2,1H3. The summed E-state index contributed by atoms with van der Waals surface area (Å²) in [7, 11) is 0. The van der Waals surface area contributed by atoms with Crippen LogP contribution in [0.3, 0.4) is 0 Å². The minimum absolute atomic E-state index is 0.0864. The first-order valence-electron chi connectivity index (χ1n) is 8.58. The van der Waals surface area contributed by atoms with Crippen molar-refractivity contribution in [3.63, 3.8) is 0 Å². The Labute approximate surface area is 153 Å². The normalized spacial score (nSPS) is 14.5. The summed E-state index contributed by atoms with van der Waals surface area (Å²) in [5, 5.41) is 0. The van der Waals surface area contributed by atoms with Crippen LogP contribution in [0.1, 0.15) is 17.7 Å². The molecule has 8 heteroatoms. The molecule has 4 rings (SSSR count). The van der Waals surface area contributed by atoms with Gasteiger partial charge < -0.3 is 4.90 Å². The van der Waals surface area contributed by atoms with Crippen LogP contribution >= 0.6 is 11.3 Å². The third-order valence-electron chi connectivity index (χ3n) is 4.75. The van der Waals surface area contributed by atoms with Crippen molar-refractivity contribution in [2.45, 2.75) is 33.1 Å². The van der Waals surface area contributed by atoms with Crippen LogP contribution in [0.4, 0.5) is 4.39 Å². The highest BCUT2D eigenvalue weighted by atomic mass is 32.1. The van der Waals surface area contributed by atoms with Crippen molar-refractivity contribution in [1.29, 1.82) is 0 Å². The maximum absolute atomic E-state index is 13.4. The Morgan fingerprint density at radius 2 is 2.04 bits per heavy atom. The van der Waals surface area contributed by atoms with Gasteiger partial charge in [0.15, 0.2) is 12.4 Å². The molecule has 1 saturated heterocycles. The summed E-state index contributed by atoms with van der Waals surface area (Å²) in [4.78, 5) is 33.4. The summed E-state index contributed by atoms with van der Waals surface area (Å²) in [6.07, 6.45) is 3.61. The van der Waals surface area contributed by atoms with Gasteiger partial charge in [-0.2, -0.15) is 0 Å². The Bertz CT molecular complexity index is 1030. The van der Waals surface area contributed by atoms with Gasteiger partial charge in [-0.1, -0.05) is 0 Å². The van der Waals surface area contributed by atoms with Crippen molar-refractivity contribution in [3.8, 4) is 10.4 Å². The summed E-state index contributed by atoms with van der Waals surface area (Å²) in [6.45, 7) is 2.40. The van der Waals surface area contributed by atoms with Gasteiger partial charge in [0.25, 0.3) is 0 Å². The van der Waals surface area contributed by atoms with Crippen LogP contribution in [0.2, 0.25) is 0 Å². The van der Waals surface area contributed by atoms with Crippen LogP contribution in [0.25, 0.3) is 21.6 Å². The fraction of sp³-hybridized carbons (Fsp3) is 0.389. The van der Waals surface area contributed by atoms with Crippen molar-refractivity contribution >= 4 is 28.4 Å². The number of likely N-dealkylation sites (tertiary alicyclic amines) is 1. The topological polar surface area (TPSA) is 60.1 Å². The van der Waals surface area contributed by atoms with Gasteiger partial charge in [-0.25, -0.2) is 18.7 Å². The van der Waals surface area contributed by atoms with Crippen LogP contribution in [-0.2, 0) is 18.1 Å². The van der Waals surface area contributed by atoms with Gasteiger partial charge in [0.05, 0.1) is 5.52 Å². The van der Waals surface area contributed by atoms with Crippen molar-refractivity contribution in [1.82, 2.24) is 19.0 Å². The van der Waals surface area contributed by atoms with Gasteiger partial charge >= 0.3 is 5.69 Å². The number of aryl methyl sites for hydroxylation is 1. The van der Waals surface area contributed by atoms with E-state index in [1.807, 2.05) is 25.1 Å². The molecule has 0 bridgehead atoms. The number of fused-ring (bicyclic) bond motifs is 1.